The maximum Gasteiger partial charge on any atom is 0.269 e. The van der Waals surface area contributed by atoms with Crippen LogP contribution in [-0.4, -0.2) is 15.7 Å². The number of amides is 1. The molecule has 1 N–H and O–H groups in total. The normalized spacial score (nSPS) is 10.6. The highest BCUT2D eigenvalue weighted by atomic mass is 35.5. The van der Waals surface area contributed by atoms with E-state index in [9.17, 15) is 4.79 Å². The van der Waals surface area contributed by atoms with Gasteiger partial charge in [0.1, 0.15) is 5.69 Å². The van der Waals surface area contributed by atoms with Crippen LogP contribution in [0, 0.1) is 0 Å². The van der Waals surface area contributed by atoms with Crippen LogP contribution in [0.2, 0.25) is 0 Å². The third-order valence-electron chi connectivity index (χ3n) is 3.12. The van der Waals surface area contributed by atoms with Crippen LogP contribution >= 0.6 is 11.6 Å². The van der Waals surface area contributed by atoms with Crippen molar-refractivity contribution in [3.8, 4) is 0 Å². The van der Waals surface area contributed by atoms with Gasteiger partial charge < -0.3 is 5.32 Å². The number of aromatic nitrogens is 2. The molecular formula is C15H18ClN3O. The van der Waals surface area contributed by atoms with Crippen LogP contribution in [-0.2, 0) is 25.9 Å². The van der Waals surface area contributed by atoms with Crippen LogP contribution in [0.25, 0.3) is 0 Å². The molecule has 106 valence electrons. The minimum Gasteiger partial charge on any atom is -0.347 e. The Labute approximate surface area is 123 Å². The smallest absolute Gasteiger partial charge is 0.269 e. The fraction of sp³-hybridized carbons (Fsp3) is 0.333. The Hall–Kier alpha value is -1.81. The molecular weight excluding hydrogens is 274 g/mol. The van der Waals surface area contributed by atoms with E-state index in [1.54, 1.807) is 11.7 Å². The van der Waals surface area contributed by atoms with Crippen LogP contribution in [0.5, 0.6) is 0 Å². The van der Waals surface area contributed by atoms with Crippen molar-refractivity contribution in [3.63, 3.8) is 0 Å². The number of benzene rings is 1. The zero-order chi connectivity index (χ0) is 14.5. The highest BCUT2D eigenvalue weighted by molar-refractivity contribution is 6.17. The first-order valence-electron chi connectivity index (χ1n) is 6.59. The topological polar surface area (TPSA) is 46.9 Å². The number of halogens is 1. The van der Waals surface area contributed by atoms with Crippen LogP contribution in [0.15, 0.2) is 30.3 Å². The number of nitrogens with zero attached hydrogens (tertiary/aromatic N) is 2. The second-order valence-corrected chi connectivity index (χ2v) is 4.90. The average Bonchev–Trinajstić information content (AvgIpc) is 2.86. The van der Waals surface area contributed by atoms with Gasteiger partial charge in [0.2, 0.25) is 0 Å². The van der Waals surface area contributed by atoms with E-state index in [1.165, 1.54) is 0 Å². The summed E-state index contributed by atoms with van der Waals surface area (Å²) in [6, 6.07) is 9.70. The van der Waals surface area contributed by atoms with Crippen molar-refractivity contribution >= 4 is 17.5 Å². The summed E-state index contributed by atoms with van der Waals surface area (Å²) in [6.45, 7) is 2.50. The van der Waals surface area contributed by atoms with Gasteiger partial charge in [-0.3, -0.25) is 9.48 Å². The zero-order valence-corrected chi connectivity index (χ0v) is 12.4. The summed E-state index contributed by atoms with van der Waals surface area (Å²) < 4.78 is 1.61. The van der Waals surface area contributed by atoms with E-state index in [0.29, 0.717) is 18.1 Å². The summed E-state index contributed by atoms with van der Waals surface area (Å²) in [5.74, 6) is 0.361. The molecule has 2 rings (SSSR count). The fourth-order valence-corrected chi connectivity index (χ4v) is 2.17. The van der Waals surface area contributed by atoms with Gasteiger partial charge in [-0.25, -0.2) is 0 Å². The maximum atomic E-state index is 12.1. The van der Waals surface area contributed by atoms with Crippen LogP contribution in [0.1, 0.15) is 34.2 Å². The first-order chi connectivity index (χ1) is 9.63. The van der Waals surface area contributed by atoms with Gasteiger partial charge >= 0.3 is 0 Å². The number of carbonyl (C=O) groups is 1. The second kappa shape index (κ2) is 6.57. The Bertz CT molecular complexity index is 607. The fourth-order valence-electron chi connectivity index (χ4n) is 2.01. The molecule has 1 aromatic carbocycles. The van der Waals surface area contributed by atoms with Crippen molar-refractivity contribution in [1.82, 2.24) is 15.1 Å². The monoisotopic (exact) mass is 291 g/mol. The molecule has 0 aliphatic rings. The van der Waals surface area contributed by atoms with Crippen LogP contribution < -0.4 is 5.32 Å². The molecule has 2 aromatic rings. The maximum absolute atomic E-state index is 12.1. The molecule has 0 saturated carbocycles. The summed E-state index contributed by atoms with van der Waals surface area (Å²) >= 11 is 5.80. The van der Waals surface area contributed by atoms with E-state index < -0.39 is 0 Å². The van der Waals surface area contributed by atoms with Gasteiger partial charge in [0.25, 0.3) is 5.91 Å². The van der Waals surface area contributed by atoms with Crippen LogP contribution in [0.4, 0.5) is 0 Å². The Balaban J connectivity index is 2.02. The number of hydrogen-bond acceptors (Lipinski definition) is 2. The van der Waals surface area contributed by atoms with Gasteiger partial charge in [-0.1, -0.05) is 31.2 Å². The molecule has 0 atom stereocenters. The molecule has 0 aliphatic carbocycles. The number of rotatable bonds is 5. The molecule has 20 heavy (non-hydrogen) atoms. The van der Waals surface area contributed by atoms with Crippen LogP contribution in [0.3, 0.4) is 0 Å². The van der Waals surface area contributed by atoms with Crippen molar-refractivity contribution in [3.05, 3.63) is 52.8 Å². The van der Waals surface area contributed by atoms with E-state index in [1.807, 2.05) is 37.3 Å². The highest BCUT2D eigenvalue weighted by Gasteiger charge is 2.12. The third-order valence-corrected chi connectivity index (χ3v) is 3.43. The molecule has 1 aromatic heterocycles. The summed E-state index contributed by atoms with van der Waals surface area (Å²) in [7, 11) is 1.78. The lowest BCUT2D eigenvalue weighted by Crippen LogP contribution is -2.25. The highest BCUT2D eigenvalue weighted by Crippen LogP contribution is 2.08. The van der Waals surface area contributed by atoms with E-state index in [4.69, 9.17) is 11.6 Å². The van der Waals surface area contributed by atoms with Gasteiger partial charge in [0.15, 0.2) is 0 Å². The third kappa shape index (κ3) is 3.39. The van der Waals surface area contributed by atoms with Crippen molar-refractivity contribution in [2.24, 2.45) is 7.05 Å². The molecule has 0 unspecified atom stereocenters. The van der Waals surface area contributed by atoms with E-state index in [0.717, 1.165) is 23.2 Å². The second-order valence-electron chi connectivity index (χ2n) is 4.63. The van der Waals surface area contributed by atoms with Gasteiger partial charge in [-0.2, -0.15) is 5.10 Å². The summed E-state index contributed by atoms with van der Waals surface area (Å²) in [6.07, 6.45) is 0.818. The van der Waals surface area contributed by atoms with Crippen molar-refractivity contribution in [1.29, 1.82) is 0 Å². The Morgan fingerprint density at radius 3 is 2.75 bits per heavy atom. The molecule has 0 fully saturated rings. The summed E-state index contributed by atoms with van der Waals surface area (Å²) in [4.78, 5) is 12.1. The summed E-state index contributed by atoms with van der Waals surface area (Å²) in [5.41, 5.74) is 3.58. The largest absolute Gasteiger partial charge is 0.347 e. The van der Waals surface area contributed by atoms with Crippen molar-refractivity contribution < 1.29 is 4.79 Å². The minimum absolute atomic E-state index is 0.115. The predicted molar refractivity (Wildman–Crippen MR) is 79.8 cm³/mol. The quantitative estimate of drug-likeness (QED) is 0.861. The minimum atomic E-state index is -0.115. The SMILES string of the molecule is CCc1cc(C(=O)NCc2cccc(CCl)c2)n(C)n1. The average molecular weight is 292 g/mol. The lowest BCUT2D eigenvalue weighted by Gasteiger charge is -2.06. The number of aryl methyl sites for hydroxylation is 2. The first kappa shape index (κ1) is 14.6. The van der Waals surface area contributed by atoms with E-state index in [2.05, 4.69) is 10.4 Å². The van der Waals surface area contributed by atoms with Gasteiger partial charge in [0, 0.05) is 19.5 Å². The molecule has 5 heteroatoms. The molecule has 0 bridgehead atoms. The summed E-state index contributed by atoms with van der Waals surface area (Å²) in [5, 5.41) is 7.17. The number of hydrogen-bond donors (Lipinski definition) is 1. The molecule has 4 nitrogen and oxygen atoms in total. The van der Waals surface area contributed by atoms with Gasteiger partial charge in [-0.05, 0) is 23.6 Å². The van der Waals surface area contributed by atoms with Gasteiger partial charge in [0.05, 0.1) is 5.69 Å². The van der Waals surface area contributed by atoms with Crippen molar-refractivity contribution in [2.45, 2.75) is 25.8 Å². The molecule has 1 amide bonds. The Morgan fingerprint density at radius 1 is 1.35 bits per heavy atom. The molecule has 1 heterocycles. The zero-order valence-electron chi connectivity index (χ0n) is 11.7. The lowest BCUT2D eigenvalue weighted by atomic mass is 10.1. The van der Waals surface area contributed by atoms with Crippen molar-refractivity contribution in [2.75, 3.05) is 0 Å². The lowest BCUT2D eigenvalue weighted by molar-refractivity contribution is 0.0941. The molecule has 0 saturated heterocycles. The molecule has 0 aliphatic heterocycles. The molecule has 0 spiro atoms. The first-order valence-corrected chi connectivity index (χ1v) is 7.12. The Kier molecular flexibility index (Phi) is 4.79. The predicted octanol–water partition coefficient (Wildman–Crippen LogP) is 2.65. The number of carbonyl (C=O) groups excluding carboxylic acids is 1. The number of nitrogens with one attached hydrogen (secondary N) is 1. The van der Waals surface area contributed by atoms with E-state index >= 15 is 0 Å². The van der Waals surface area contributed by atoms with E-state index in [-0.39, 0.29) is 5.91 Å². The Morgan fingerprint density at radius 2 is 2.10 bits per heavy atom. The standard InChI is InChI=1S/C15H18ClN3O/c1-3-13-8-14(19(2)18-13)15(20)17-10-12-6-4-5-11(7-12)9-16/h4-8H,3,9-10H2,1-2H3,(H,17,20). The molecule has 0 radical (unpaired) electrons. The van der Waals surface area contributed by atoms with Gasteiger partial charge in [-0.15, -0.1) is 11.6 Å². The number of alkyl halides is 1.